The molecular weight excluding hydrogens is 551 g/mol. The second-order valence-electron chi connectivity index (χ2n) is 11.7. The molecule has 5 rings (SSSR count). The van der Waals surface area contributed by atoms with E-state index >= 15 is 0 Å². The van der Waals surface area contributed by atoms with Crippen molar-refractivity contribution < 1.29 is 22.8 Å². The molecule has 0 unspecified atom stereocenters. The Kier molecular flexibility index (Phi) is 7.88. The van der Waals surface area contributed by atoms with E-state index in [2.05, 4.69) is 43.5 Å². The van der Waals surface area contributed by atoms with Crippen LogP contribution in [0.1, 0.15) is 63.9 Å². The summed E-state index contributed by atoms with van der Waals surface area (Å²) in [6, 6.07) is 26.9. The number of alkyl halides is 3. The van der Waals surface area contributed by atoms with Gasteiger partial charge in [0.1, 0.15) is 5.69 Å². The molecule has 1 heterocycles. The van der Waals surface area contributed by atoms with Crippen LogP contribution in [0.3, 0.4) is 0 Å². The molecule has 0 aliphatic carbocycles. The van der Waals surface area contributed by atoms with Crippen LogP contribution in [-0.2, 0) is 18.1 Å². The van der Waals surface area contributed by atoms with Gasteiger partial charge in [0, 0.05) is 34.4 Å². The number of halogens is 3. The van der Waals surface area contributed by atoms with E-state index in [1.165, 1.54) is 17.7 Å². The fraction of sp³-hybridized carbons (Fsp3) is 0.200. The van der Waals surface area contributed by atoms with Gasteiger partial charge in [0.15, 0.2) is 0 Å². The van der Waals surface area contributed by atoms with Crippen molar-refractivity contribution in [3.05, 3.63) is 131 Å². The Morgan fingerprint density at radius 3 is 1.88 bits per heavy atom. The van der Waals surface area contributed by atoms with Crippen LogP contribution in [0.2, 0.25) is 0 Å². The lowest BCUT2D eigenvalue weighted by atomic mass is 9.87. The van der Waals surface area contributed by atoms with E-state index in [0.717, 1.165) is 34.2 Å². The first-order chi connectivity index (χ1) is 20.3. The smallest absolute Gasteiger partial charge is 0.332 e. The Balaban J connectivity index is 1.48. The molecule has 0 saturated carbocycles. The van der Waals surface area contributed by atoms with Gasteiger partial charge < -0.3 is 15.2 Å². The van der Waals surface area contributed by atoms with E-state index in [-0.39, 0.29) is 17.0 Å². The highest BCUT2D eigenvalue weighted by atomic mass is 19.4. The van der Waals surface area contributed by atoms with Gasteiger partial charge in [0.25, 0.3) is 11.8 Å². The van der Waals surface area contributed by atoms with E-state index in [9.17, 15) is 22.8 Å². The largest absolute Gasteiger partial charge is 0.416 e. The van der Waals surface area contributed by atoms with Crippen molar-refractivity contribution in [2.75, 3.05) is 10.6 Å². The van der Waals surface area contributed by atoms with Crippen LogP contribution < -0.4 is 10.6 Å². The number of rotatable bonds is 6. The summed E-state index contributed by atoms with van der Waals surface area (Å²) >= 11 is 0. The molecular formula is C35H32F3N3O2. The highest BCUT2D eigenvalue weighted by Gasteiger charge is 2.30. The molecule has 2 N–H and O–H groups in total. The fourth-order valence-electron chi connectivity index (χ4n) is 4.85. The van der Waals surface area contributed by atoms with Crippen LogP contribution >= 0.6 is 0 Å². The summed E-state index contributed by atoms with van der Waals surface area (Å²) in [5.74, 6) is -0.717. The molecule has 4 aromatic carbocycles. The molecule has 43 heavy (non-hydrogen) atoms. The highest BCUT2D eigenvalue weighted by molar-refractivity contribution is 6.08. The number of nitrogens with one attached hydrogen (secondary N) is 2. The van der Waals surface area contributed by atoms with E-state index < -0.39 is 17.6 Å². The van der Waals surface area contributed by atoms with Crippen LogP contribution in [0.5, 0.6) is 0 Å². The molecule has 0 radical (unpaired) electrons. The topological polar surface area (TPSA) is 63.1 Å². The Bertz CT molecular complexity index is 1780. The number of fused-ring (bicyclic) bond motifs is 1. The third-order valence-electron chi connectivity index (χ3n) is 7.34. The van der Waals surface area contributed by atoms with E-state index in [4.69, 9.17) is 0 Å². The van der Waals surface area contributed by atoms with Crippen LogP contribution in [0.4, 0.5) is 24.5 Å². The van der Waals surface area contributed by atoms with Crippen molar-refractivity contribution in [2.45, 2.75) is 45.8 Å². The summed E-state index contributed by atoms with van der Waals surface area (Å²) < 4.78 is 40.9. The van der Waals surface area contributed by atoms with Gasteiger partial charge in [-0.3, -0.25) is 9.59 Å². The number of carbonyl (C=O) groups is 2. The second kappa shape index (κ2) is 11.4. The van der Waals surface area contributed by atoms with Gasteiger partial charge in [0.2, 0.25) is 0 Å². The van der Waals surface area contributed by atoms with Crippen molar-refractivity contribution in [3.8, 4) is 0 Å². The number of hydrogen-bond donors (Lipinski definition) is 2. The van der Waals surface area contributed by atoms with Gasteiger partial charge in [-0.05, 0) is 84.1 Å². The maximum Gasteiger partial charge on any atom is 0.416 e. The molecule has 8 heteroatoms. The minimum atomic E-state index is -4.47. The van der Waals surface area contributed by atoms with E-state index in [0.29, 0.717) is 23.5 Å². The molecule has 0 atom stereocenters. The fourth-order valence-corrected chi connectivity index (χ4v) is 4.85. The number of carbonyl (C=O) groups excluding carboxylic acids is 2. The molecule has 1 aromatic heterocycles. The van der Waals surface area contributed by atoms with Crippen molar-refractivity contribution in [3.63, 3.8) is 0 Å². The predicted molar refractivity (Wildman–Crippen MR) is 165 cm³/mol. The molecule has 0 saturated heterocycles. The molecule has 0 fully saturated rings. The van der Waals surface area contributed by atoms with Crippen LogP contribution in [-0.4, -0.2) is 16.4 Å². The predicted octanol–water partition coefficient (Wildman–Crippen LogP) is 8.82. The Hall–Kier alpha value is -4.85. The Labute approximate surface area is 248 Å². The number of benzene rings is 4. The third-order valence-corrected chi connectivity index (χ3v) is 7.34. The summed E-state index contributed by atoms with van der Waals surface area (Å²) in [6.07, 6.45) is -4.47. The minimum absolute atomic E-state index is 0.00913. The van der Waals surface area contributed by atoms with Crippen LogP contribution in [0.15, 0.2) is 97.1 Å². The molecule has 5 aromatic rings. The normalized spacial score (nSPS) is 11.9. The first-order valence-corrected chi connectivity index (χ1v) is 13.9. The lowest BCUT2D eigenvalue weighted by Crippen LogP contribution is -2.18. The Morgan fingerprint density at radius 1 is 0.698 bits per heavy atom. The summed E-state index contributed by atoms with van der Waals surface area (Å²) in [5, 5.41) is 6.37. The highest BCUT2D eigenvalue weighted by Crippen LogP contribution is 2.31. The number of amides is 2. The quantitative estimate of drug-likeness (QED) is 0.210. The average molecular weight is 584 g/mol. The maximum atomic E-state index is 13.5. The lowest BCUT2D eigenvalue weighted by Gasteiger charge is -2.19. The van der Waals surface area contributed by atoms with Crippen molar-refractivity contribution in [2.24, 2.45) is 0 Å². The molecule has 220 valence electrons. The summed E-state index contributed by atoms with van der Waals surface area (Å²) in [4.78, 5) is 26.3. The monoisotopic (exact) mass is 583 g/mol. The van der Waals surface area contributed by atoms with Crippen LogP contribution in [0, 0.1) is 6.92 Å². The van der Waals surface area contributed by atoms with Crippen molar-refractivity contribution in [1.82, 2.24) is 4.57 Å². The molecule has 0 spiro atoms. The van der Waals surface area contributed by atoms with E-state index in [1.54, 1.807) is 30.3 Å². The van der Waals surface area contributed by atoms with Gasteiger partial charge in [0.05, 0.1) is 5.56 Å². The Morgan fingerprint density at radius 2 is 1.28 bits per heavy atom. The van der Waals surface area contributed by atoms with Gasteiger partial charge in [-0.1, -0.05) is 62.7 Å². The molecule has 0 aliphatic rings. The summed E-state index contributed by atoms with van der Waals surface area (Å²) in [7, 11) is 0. The van der Waals surface area contributed by atoms with Crippen LogP contribution in [0.25, 0.3) is 10.9 Å². The standard InChI is InChI=1S/C35H32F3N3O2/c1-22-5-9-24(10-6-22)32(42)40-29-17-18-30-25(19-29)20-31(33(43)39-28-15-13-27(14-16-28)35(36,37)38)41(30)21-23-7-11-26(12-8-23)34(2,3)4/h5-20H,21H2,1-4H3,(H,39,43)(H,40,42). The molecule has 0 aliphatic heterocycles. The molecule has 0 bridgehead atoms. The zero-order chi connectivity index (χ0) is 30.9. The number of hydrogen-bond acceptors (Lipinski definition) is 2. The zero-order valence-corrected chi connectivity index (χ0v) is 24.3. The van der Waals surface area contributed by atoms with Gasteiger partial charge in [-0.25, -0.2) is 0 Å². The van der Waals surface area contributed by atoms with Gasteiger partial charge >= 0.3 is 6.18 Å². The zero-order valence-electron chi connectivity index (χ0n) is 24.3. The molecule has 5 nitrogen and oxygen atoms in total. The van der Waals surface area contributed by atoms with Crippen molar-refractivity contribution in [1.29, 1.82) is 0 Å². The third kappa shape index (κ3) is 6.80. The van der Waals surface area contributed by atoms with Crippen molar-refractivity contribution >= 4 is 34.1 Å². The lowest BCUT2D eigenvalue weighted by molar-refractivity contribution is -0.137. The first-order valence-electron chi connectivity index (χ1n) is 13.9. The first kappa shape index (κ1) is 29.6. The van der Waals surface area contributed by atoms with E-state index in [1.807, 2.05) is 41.8 Å². The number of nitrogens with zero attached hydrogens (tertiary/aromatic N) is 1. The average Bonchev–Trinajstić information content (AvgIpc) is 3.30. The summed E-state index contributed by atoms with van der Waals surface area (Å²) in [6.45, 7) is 8.75. The van der Waals surface area contributed by atoms with Gasteiger partial charge in [-0.2, -0.15) is 13.2 Å². The number of anilines is 2. The summed E-state index contributed by atoms with van der Waals surface area (Å²) in [5.41, 5.74) is 4.85. The number of aromatic nitrogens is 1. The number of aryl methyl sites for hydroxylation is 1. The van der Waals surface area contributed by atoms with Gasteiger partial charge in [-0.15, -0.1) is 0 Å². The minimum Gasteiger partial charge on any atom is -0.332 e. The second-order valence-corrected chi connectivity index (χ2v) is 11.7. The molecule has 2 amide bonds. The SMILES string of the molecule is Cc1ccc(C(=O)Nc2ccc3c(c2)cc(C(=O)Nc2ccc(C(F)(F)F)cc2)n3Cc2ccc(C(C)(C)C)cc2)cc1. The maximum absolute atomic E-state index is 13.5.